The van der Waals surface area contributed by atoms with Gasteiger partial charge in [0.2, 0.25) is 0 Å². The van der Waals surface area contributed by atoms with E-state index in [4.69, 9.17) is 9.97 Å². The Hall–Kier alpha value is -2.68. The monoisotopic (exact) mass is 371 g/mol. The zero-order valence-electron chi connectivity index (χ0n) is 18.2. The molecular weight excluding hydrogens is 342 g/mol. The van der Waals surface area contributed by atoms with Crippen molar-refractivity contribution < 1.29 is 0 Å². The SMILES string of the molecule is Cc1cc(C)c(-c2ccc3c(c2)nc(C(C)(C)C)n2c(C)c(C)nc32)c(C)c1. The van der Waals surface area contributed by atoms with Gasteiger partial charge < -0.3 is 0 Å². The van der Waals surface area contributed by atoms with Crippen molar-refractivity contribution in [3.63, 3.8) is 0 Å². The van der Waals surface area contributed by atoms with Gasteiger partial charge in [-0.15, -0.1) is 0 Å². The van der Waals surface area contributed by atoms with Crippen molar-refractivity contribution in [2.75, 3.05) is 0 Å². The van der Waals surface area contributed by atoms with Crippen LogP contribution in [-0.2, 0) is 5.41 Å². The quantitative estimate of drug-likeness (QED) is 0.388. The second-order valence-corrected chi connectivity index (χ2v) is 9.13. The van der Waals surface area contributed by atoms with Gasteiger partial charge in [-0.2, -0.15) is 0 Å². The number of rotatable bonds is 1. The smallest absolute Gasteiger partial charge is 0.148 e. The molecule has 0 saturated carbocycles. The molecule has 3 nitrogen and oxygen atoms in total. The molecule has 28 heavy (non-hydrogen) atoms. The molecule has 2 aromatic heterocycles. The Kier molecular flexibility index (Phi) is 4.11. The molecule has 0 N–H and O–H groups in total. The molecule has 0 unspecified atom stereocenters. The van der Waals surface area contributed by atoms with Gasteiger partial charge in [0, 0.05) is 16.5 Å². The summed E-state index contributed by atoms with van der Waals surface area (Å²) in [5.41, 5.74) is 10.6. The van der Waals surface area contributed by atoms with Crippen LogP contribution in [-0.4, -0.2) is 14.4 Å². The van der Waals surface area contributed by atoms with E-state index in [9.17, 15) is 0 Å². The number of fused-ring (bicyclic) bond motifs is 3. The first-order chi connectivity index (χ1) is 13.1. The molecule has 4 aromatic rings. The molecule has 0 fully saturated rings. The van der Waals surface area contributed by atoms with E-state index in [0.717, 1.165) is 28.1 Å². The minimum Gasteiger partial charge on any atom is -0.284 e. The number of hydrogen-bond donors (Lipinski definition) is 0. The molecule has 0 radical (unpaired) electrons. The fourth-order valence-corrected chi connectivity index (χ4v) is 4.32. The van der Waals surface area contributed by atoms with Crippen LogP contribution in [0.5, 0.6) is 0 Å². The van der Waals surface area contributed by atoms with Gasteiger partial charge in [0.15, 0.2) is 0 Å². The van der Waals surface area contributed by atoms with Crippen LogP contribution < -0.4 is 0 Å². The third-order valence-corrected chi connectivity index (χ3v) is 5.66. The van der Waals surface area contributed by atoms with E-state index >= 15 is 0 Å². The van der Waals surface area contributed by atoms with Gasteiger partial charge in [-0.05, 0) is 69.0 Å². The summed E-state index contributed by atoms with van der Waals surface area (Å²) in [6.45, 7) is 17.4. The number of aryl methyl sites for hydroxylation is 5. The largest absolute Gasteiger partial charge is 0.284 e. The lowest BCUT2D eigenvalue weighted by Crippen LogP contribution is -2.19. The molecule has 144 valence electrons. The Bertz CT molecular complexity index is 1210. The highest BCUT2D eigenvalue weighted by Crippen LogP contribution is 2.33. The Morgan fingerprint density at radius 2 is 1.46 bits per heavy atom. The van der Waals surface area contributed by atoms with Gasteiger partial charge in [0.25, 0.3) is 0 Å². The van der Waals surface area contributed by atoms with Crippen LogP contribution in [0.3, 0.4) is 0 Å². The van der Waals surface area contributed by atoms with Crippen LogP contribution in [0.1, 0.15) is 54.7 Å². The zero-order chi connectivity index (χ0) is 20.4. The normalized spacial score (nSPS) is 12.3. The van der Waals surface area contributed by atoms with E-state index in [1.165, 1.54) is 33.5 Å². The van der Waals surface area contributed by atoms with Crippen LogP contribution in [0, 0.1) is 34.6 Å². The predicted octanol–water partition coefficient (Wildman–Crippen LogP) is 6.39. The predicted molar refractivity (Wildman–Crippen MR) is 118 cm³/mol. The first-order valence-electron chi connectivity index (χ1n) is 9.96. The molecule has 4 rings (SSSR count). The van der Waals surface area contributed by atoms with E-state index in [1.54, 1.807) is 0 Å². The van der Waals surface area contributed by atoms with Crippen LogP contribution in [0.2, 0.25) is 0 Å². The Morgan fingerprint density at radius 1 is 0.821 bits per heavy atom. The van der Waals surface area contributed by atoms with Gasteiger partial charge in [-0.3, -0.25) is 4.40 Å². The summed E-state index contributed by atoms with van der Waals surface area (Å²) in [7, 11) is 0. The number of hydrogen-bond acceptors (Lipinski definition) is 2. The summed E-state index contributed by atoms with van der Waals surface area (Å²) >= 11 is 0. The molecule has 2 heterocycles. The van der Waals surface area contributed by atoms with E-state index in [2.05, 4.69) is 90.1 Å². The second kappa shape index (κ2) is 6.16. The first kappa shape index (κ1) is 18.7. The third-order valence-electron chi connectivity index (χ3n) is 5.66. The molecule has 3 heteroatoms. The Balaban J connectivity index is 2.08. The van der Waals surface area contributed by atoms with Gasteiger partial charge in [0.1, 0.15) is 11.5 Å². The summed E-state index contributed by atoms with van der Waals surface area (Å²) in [5, 5.41) is 1.11. The Morgan fingerprint density at radius 3 is 2.07 bits per heavy atom. The maximum Gasteiger partial charge on any atom is 0.148 e. The minimum absolute atomic E-state index is 0.0734. The summed E-state index contributed by atoms with van der Waals surface area (Å²) in [5.74, 6) is 1.06. The molecule has 0 amide bonds. The molecule has 0 atom stereocenters. The highest BCUT2D eigenvalue weighted by molar-refractivity contribution is 5.95. The van der Waals surface area contributed by atoms with Crippen LogP contribution in [0.4, 0.5) is 0 Å². The highest BCUT2D eigenvalue weighted by atomic mass is 15.1. The topological polar surface area (TPSA) is 30.2 Å². The third kappa shape index (κ3) is 2.81. The lowest BCUT2D eigenvalue weighted by Gasteiger charge is -2.21. The Labute approximate surface area is 167 Å². The van der Waals surface area contributed by atoms with Crippen molar-refractivity contribution in [2.45, 2.75) is 60.8 Å². The fourth-order valence-electron chi connectivity index (χ4n) is 4.32. The number of imidazole rings is 1. The summed E-state index contributed by atoms with van der Waals surface area (Å²) in [6, 6.07) is 11.1. The summed E-state index contributed by atoms with van der Waals surface area (Å²) in [4.78, 5) is 10.0. The van der Waals surface area contributed by atoms with Crippen molar-refractivity contribution in [1.29, 1.82) is 0 Å². The maximum atomic E-state index is 5.13. The van der Waals surface area contributed by atoms with Crippen molar-refractivity contribution in [3.05, 3.63) is 64.2 Å². The maximum absolute atomic E-state index is 5.13. The molecule has 2 aromatic carbocycles. The van der Waals surface area contributed by atoms with Gasteiger partial charge in [0.05, 0.1) is 11.2 Å². The summed E-state index contributed by atoms with van der Waals surface area (Å²) < 4.78 is 2.24. The molecule has 0 bridgehead atoms. The second-order valence-electron chi connectivity index (χ2n) is 9.13. The van der Waals surface area contributed by atoms with Gasteiger partial charge in [-0.1, -0.05) is 44.5 Å². The molecular formula is C25H29N3. The van der Waals surface area contributed by atoms with E-state index < -0.39 is 0 Å². The van der Waals surface area contributed by atoms with Crippen molar-refractivity contribution in [3.8, 4) is 11.1 Å². The zero-order valence-corrected chi connectivity index (χ0v) is 18.2. The van der Waals surface area contributed by atoms with Crippen molar-refractivity contribution in [2.24, 2.45) is 0 Å². The highest BCUT2D eigenvalue weighted by Gasteiger charge is 2.23. The number of benzene rings is 2. The standard InChI is InChI=1S/C25H29N3/c1-14-11-15(2)22(16(3)12-14)19-9-10-20-21(13-19)27-24(25(6,7)8)28-18(5)17(4)26-23(20)28/h9-13H,1-8H3. The summed E-state index contributed by atoms with van der Waals surface area (Å²) in [6.07, 6.45) is 0. The van der Waals surface area contributed by atoms with E-state index in [-0.39, 0.29) is 5.41 Å². The van der Waals surface area contributed by atoms with Gasteiger partial charge in [-0.25, -0.2) is 9.97 Å². The number of aromatic nitrogens is 3. The molecule has 0 aliphatic heterocycles. The van der Waals surface area contributed by atoms with Crippen LogP contribution in [0.25, 0.3) is 27.7 Å². The van der Waals surface area contributed by atoms with Crippen LogP contribution in [0.15, 0.2) is 30.3 Å². The van der Waals surface area contributed by atoms with Gasteiger partial charge >= 0.3 is 0 Å². The average Bonchev–Trinajstić information content (AvgIpc) is 2.87. The number of nitrogens with zero attached hydrogens (tertiary/aromatic N) is 3. The minimum atomic E-state index is -0.0734. The van der Waals surface area contributed by atoms with Crippen LogP contribution >= 0.6 is 0 Å². The van der Waals surface area contributed by atoms with E-state index in [1.807, 2.05) is 0 Å². The lowest BCUT2D eigenvalue weighted by atomic mass is 9.92. The molecule has 0 spiro atoms. The fraction of sp³-hybridized carbons (Fsp3) is 0.360. The van der Waals surface area contributed by atoms with E-state index in [0.29, 0.717) is 0 Å². The lowest BCUT2D eigenvalue weighted by molar-refractivity contribution is 0.537. The van der Waals surface area contributed by atoms with Crippen molar-refractivity contribution >= 4 is 16.6 Å². The molecule has 0 aliphatic carbocycles. The molecule has 0 saturated heterocycles. The average molecular weight is 372 g/mol. The van der Waals surface area contributed by atoms with Crippen molar-refractivity contribution in [1.82, 2.24) is 14.4 Å². The first-order valence-corrected chi connectivity index (χ1v) is 9.96. The molecule has 0 aliphatic rings.